The first-order valence-corrected chi connectivity index (χ1v) is 20.7. The van der Waals surface area contributed by atoms with Gasteiger partial charge in [-0.2, -0.15) is 0 Å². The van der Waals surface area contributed by atoms with Gasteiger partial charge in [-0.15, -0.1) is 0 Å². The number of aliphatic hydroxyl groups is 1. The smallest absolute Gasteiger partial charge is 0.326 e. The molecular formula is C44H58N8O10. The molecule has 18 heteroatoms. The third kappa shape index (κ3) is 14.7. The largest absolute Gasteiger partial charge is 0.508 e. The highest BCUT2D eigenvalue weighted by atomic mass is 16.4. The predicted octanol–water partition coefficient (Wildman–Crippen LogP) is -0.612. The number of phenolic OH excluding ortho intramolecular Hbond substituents is 1. The average Bonchev–Trinajstić information content (AvgIpc) is 3.76. The number of carboxylic acid groups (broad SMARTS) is 1. The van der Waals surface area contributed by atoms with Crippen molar-refractivity contribution in [1.82, 2.24) is 31.5 Å². The van der Waals surface area contributed by atoms with Crippen molar-refractivity contribution in [3.05, 3.63) is 102 Å². The van der Waals surface area contributed by atoms with Gasteiger partial charge in [-0.1, -0.05) is 72.8 Å². The van der Waals surface area contributed by atoms with Crippen LogP contribution in [-0.2, 0) is 52.8 Å². The van der Waals surface area contributed by atoms with Crippen LogP contribution < -0.4 is 38.1 Å². The Kier molecular flexibility index (Phi) is 18.8. The summed E-state index contributed by atoms with van der Waals surface area (Å²) in [5.41, 5.74) is 13.0. The Hall–Kier alpha value is -6.37. The van der Waals surface area contributed by atoms with Crippen LogP contribution in [0.1, 0.15) is 55.7 Å². The van der Waals surface area contributed by atoms with Gasteiger partial charge in [0.05, 0.1) is 12.6 Å². The van der Waals surface area contributed by atoms with E-state index in [2.05, 4.69) is 26.6 Å². The zero-order valence-electron chi connectivity index (χ0n) is 34.7. The monoisotopic (exact) mass is 858 g/mol. The number of unbranched alkanes of at least 4 members (excludes halogenated alkanes) is 1. The molecule has 0 saturated carbocycles. The summed E-state index contributed by atoms with van der Waals surface area (Å²) in [7, 11) is 0. The number of phenols is 1. The molecule has 0 radical (unpaired) electrons. The van der Waals surface area contributed by atoms with E-state index in [1.54, 1.807) is 60.7 Å². The Morgan fingerprint density at radius 2 is 1.18 bits per heavy atom. The number of nitrogens with two attached hydrogens (primary N) is 2. The van der Waals surface area contributed by atoms with Gasteiger partial charge in [0, 0.05) is 25.8 Å². The predicted molar refractivity (Wildman–Crippen MR) is 228 cm³/mol. The summed E-state index contributed by atoms with van der Waals surface area (Å²) in [6, 6.07) is 15.8. The maximum atomic E-state index is 14.3. The van der Waals surface area contributed by atoms with Crippen LogP contribution in [0.15, 0.2) is 84.9 Å². The van der Waals surface area contributed by atoms with E-state index >= 15 is 0 Å². The van der Waals surface area contributed by atoms with Gasteiger partial charge in [0.1, 0.15) is 42.0 Å². The minimum Gasteiger partial charge on any atom is -0.508 e. The zero-order valence-corrected chi connectivity index (χ0v) is 34.7. The van der Waals surface area contributed by atoms with E-state index in [4.69, 9.17) is 11.5 Å². The molecule has 1 fully saturated rings. The number of hydrogen-bond acceptors (Lipinski definition) is 11. The Labute approximate surface area is 360 Å². The maximum Gasteiger partial charge on any atom is 0.326 e. The first kappa shape index (κ1) is 48.3. The first-order valence-electron chi connectivity index (χ1n) is 20.7. The Morgan fingerprint density at radius 3 is 1.66 bits per heavy atom. The molecule has 334 valence electrons. The molecule has 4 rings (SSSR count). The molecule has 0 aliphatic carbocycles. The molecule has 0 bridgehead atoms. The minimum absolute atomic E-state index is 0.0300. The fourth-order valence-electron chi connectivity index (χ4n) is 7.14. The van der Waals surface area contributed by atoms with Crippen LogP contribution in [0.4, 0.5) is 0 Å². The van der Waals surface area contributed by atoms with Gasteiger partial charge < -0.3 is 58.3 Å². The number of aromatic hydroxyl groups is 1. The lowest BCUT2D eigenvalue weighted by atomic mass is 10.0. The van der Waals surface area contributed by atoms with E-state index in [0.717, 1.165) is 5.56 Å². The second-order valence-electron chi connectivity index (χ2n) is 15.3. The number of rotatable bonds is 23. The van der Waals surface area contributed by atoms with Crippen LogP contribution in [0.5, 0.6) is 5.75 Å². The fourth-order valence-corrected chi connectivity index (χ4v) is 7.14. The summed E-state index contributed by atoms with van der Waals surface area (Å²) in [5.74, 6) is -5.75. The second-order valence-corrected chi connectivity index (χ2v) is 15.3. The lowest BCUT2D eigenvalue weighted by molar-refractivity contribution is -0.146. The molecule has 62 heavy (non-hydrogen) atoms. The fraction of sp³-hybridized carbons (Fsp3) is 0.432. The number of aliphatic carboxylic acids is 1. The van der Waals surface area contributed by atoms with Crippen molar-refractivity contribution in [2.24, 2.45) is 11.5 Å². The number of amides is 6. The molecule has 0 unspecified atom stereocenters. The third-order valence-electron chi connectivity index (χ3n) is 10.5. The Balaban J connectivity index is 1.59. The van der Waals surface area contributed by atoms with Gasteiger partial charge in [-0.05, 0) is 74.4 Å². The molecule has 7 atom stereocenters. The van der Waals surface area contributed by atoms with E-state index in [1.807, 2.05) is 0 Å². The number of nitrogens with zero attached hydrogens (tertiary/aromatic N) is 1. The van der Waals surface area contributed by atoms with Crippen molar-refractivity contribution < 1.29 is 48.9 Å². The second kappa shape index (κ2) is 24.2. The van der Waals surface area contributed by atoms with Crippen molar-refractivity contribution >= 4 is 41.4 Å². The lowest BCUT2D eigenvalue weighted by Crippen LogP contribution is -2.62. The summed E-state index contributed by atoms with van der Waals surface area (Å²) in [6.45, 7) is 1.34. The SMILES string of the molecule is C[C@@H](O)[C@H](NC(=O)[C@H](Cc1ccc(O)cc1)NC(=O)[C@H](Cc1ccccc1)NC(=O)[C@H](Cc1ccccc1)NC(=O)CN)C(=O)N1CCC[C@H]1C(=O)N[C@@H](CCCCN)C(=O)O. The first-order chi connectivity index (χ1) is 29.7. The van der Waals surface area contributed by atoms with E-state index in [9.17, 15) is 48.9 Å². The number of carbonyl (C=O) groups excluding carboxylic acids is 6. The van der Waals surface area contributed by atoms with Crippen LogP contribution in [-0.4, -0.2) is 124 Å². The molecular weight excluding hydrogens is 801 g/mol. The lowest BCUT2D eigenvalue weighted by Gasteiger charge is -2.32. The van der Waals surface area contributed by atoms with Crippen LogP contribution in [0, 0.1) is 0 Å². The summed E-state index contributed by atoms with van der Waals surface area (Å²) in [4.78, 5) is 95.5. The quantitative estimate of drug-likeness (QED) is 0.0535. The highest BCUT2D eigenvalue weighted by Gasteiger charge is 2.41. The van der Waals surface area contributed by atoms with Crippen LogP contribution in [0.25, 0.3) is 0 Å². The minimum atomic E-state index is -1.60. The normalized spacial score (nSPS) is 16.4. The molecule has 1 aliphatic heterocycles. The summed E-state index contributed by atoms with van der Waals surface area (Å²) in [6.07, 6.45) is 0.154. The number of carboxylic acids is 1. The molecule has 6 amide bonds. The topological polar surface area (TPSA) is 296 Å². The van der Waals surface area contributed by atoms with Gasteiger partial charge >= 0.3 is 5.97 Å². The van der Waals surface area contributed by atoms with E-state index in [1.165, 1.54) is 36.1 Å². The molecule has 3 aromatic carbocycles. The molecule has 0 spiro atoms. The van der Waals surface area contributed by atoms with Gasteiger partial charge in [0.2, 0.25) is 35.4 Å². The molecule has 1 aliphatic rings. The van der Waals surface area contributed by atoms with Crippen LogP contribution >= 0.6 is 0 Å². The van der Waals surface area contributed by atoms with Crippen molar-refractivity contribution in [2.45, 2.75) is 101 Å². The highest BCUT2D eigenvalue weighted by Crippen LogP contribution is 2.21. The number of carbonyl (C=O) groups is 7. The van der Waals surface area contributed by atoms with Crippen molar-refractivity contribution in [3.63, 3.8) is 0 Å². The standard InChI is InChI=1S/C44H58N8O10/c1-27(53)38(43(60)52-22-10-16-36(52)42(59)48-32(44(61)62)15-8-9-21-45)51-41(58)35(25-30-17-19-31(54)20-18-30)50-40(57)34(24-29-13-6-3-7-14-29)49-39(56)33(47-37(55)26-46)23-28-11-4-2-5-12-28/h2-7,11-14,17-20,27,32-36,38,53-54H,8-10,15-16,21-26,45-46H2,1H3,(H,47,55)(H,48,59)(H,49,56)(H,50,57)(H,51,58)(H,61,62)/t27-,32+,33+,34+,35+,36+,38+/m1/s1. The maximum absolute atomic E-state index is 14.3. The average molecular weight is 859 g/mol. The van der Waals surface area contributed by atoms with Crippen molar-refractivity contribution in [2.75, 3.05) is 19.6 Å². The summed E-state index contributed by atoms with van der Waals surface area (Å²) >= 11 is 0. The van der Waals surface area contributed by atoms with Gasteiger partial charge in [0.15, 0.2) is 0 Å². The highest BCUT2D eigenvalue weighted by molar-refractivity contribution is 5.97. The number of aliphatic hydroxyl groups excluding tert-OH is 1. The van der Waals surface area contributed by atoms with Gasteiger partial charge in [-0.3, -0.25) is 28.8 Å². The molecule has 0 aromatic heterocycles. The number of likely N-dealkylation sites (tertiary alicyclic amines) is 1. The Morgan fingerprint density at radius 1 is 0.677 bits per heavy atom. The molecule has 1 saturated heterocycles. The Bertz CT molecular complexity index is 1970. The van der Waals surface area contributed by atoms with Crippen molar-refractivity contribution in [1.29, 1.82) is 0 Å². The van der Waals surface area contributed by atoms with Crippen LogP contribution in [0.2, 0.25) is 0 Å². The summed E-state index contributed by atoms with van der Waals surface area (Å²) in [5, 5.41) is 43.6. The third-order valence-corrected chi connectivity index (χ3v) is 10.5. The van der Waals surface area contributed by atoms with Gasteiger partial charge in [0.25, 0.3) is 0 Å². The van der Waals surface area contributed by atoms with Crippen molar-refractivity contribution in [3.8, 4) is 5.75 Å². The molecule has 12 N–H and O–H groups in total. The number of hydrogen-bond donors (Lipinski definition) is 10. The molecule has 18 nitrogen and oxygen atoms in total. The van der Waals surface area contributed by atoms with E-state index in [0.29, 0.717) is 36.9 Å². The number of benzene rings is 3. The van der Waals surface area contributed by atoms with E-state index in [-0.39, 0.29) is 50.9 Å². The number of nitrogens with one attached hydrogen (secondary N) is 5. The summed E-state index contributed by atoms with van der Waals surface area (Å²) < 4.78 is 0. The van der Waals surface area contributed by atoms with Crippen LogP contribution in [0.3, 0.4) is 0 Å². The zero-order chi connectivity index (χ0) is 45.2. The molecule has 3 aromatic rings. The van der Waals surface area contributed by atoms with Gasteiger partial charge in [-0.25, -0.2) is 4.79 Å². The molecule has 1 heterocycles. The van der Waals surface area contributed by atoms with E-state index < -0.39 is 83.8 Å².